The van der Waals surface area contributed by atoms with Crippen LogP contribution in [0.1, 0.15) is 12.5 Å². The number of nitrogens with zero attached hydrogens (tertiary/aromatic N) is 2. The maximum atomic E-state index is 11.0. The van der Waals surface area contributed by atoms with Crippen LogP contribution in [-0.2, 0) is 0 Å². The van der Waals surface area contributed by atoms with Gasteiger partial charge in [-0.3, -0.25) is 10.1 Å². The van der Waals surface area contributed by atoms with Gasteiger partial charge in [0.15, 0.2) is 0 Å². The van der Waals surface area contributed by atoms with Crippen molar-refractivity contribution in [2.45, 2.75) is 13.8 Å². The highest BCUT2D eigenvalue weighted by Crippen LogP contribution is 2.31. The van der Waals surface area contributed by atoms with Crippen molar-refractivity contribution in [3.63, 3.8) is 0 Å². The van der Waals surface area contributed by atoms with Crippen molar-refractivity contribution in [2.75, 3.05) is 11.9 Å². The summed E-state index contributed by atoms with van der Waals surface area (Å²) in [5.41, 5.74) is 0.805. The van der Waals surface area contributed by atoms with E-state index in [-0.39, 0.29) is 11.4 Å². The van der Waals surface area contributed by atoms with E-state index in [4.69, 9.17) is 4.74 Å². The minimum absolute atomic E-state index is 0.0775. The summed E-state index contributed by atoms with van der Waals surface area (Å²) in [5.74, 6) is 1.17. The van der Waals surface area contributed by atoms with Crippen molar-refractivity contribution in [3.05, 3.63) is 52.1 Å². The summed E-state index contributed by atoms with van der Waals surface area (Å²) in [6, 6.07) is 9.97. The first-order valence-electron chi connectivity index (χ1n) is 6.24. The Morgan fingerprint density at radius 1 is 1.35 bits per heavy atom. The first kappa shape index (κ1) is 13.8. The Hall–Kier alpha value is -2.63. The second kappa shape index (κ2) is 6.01. The second-order valence-electron chi connectivity index (χ2n) is 4.22. The molecule has 0 aliphatic rings. The van der Waals surface area contributed by atoms with Crippen LogP contribution < -0.4 is 10.1 Å². The number of ether oxygens (including phenoxy) is 1. The van der Waals surface area contributed by atoms with Crippen molar-refractivity contribution < 1.29 is 9.66 Å². The molecule has 0 aliphatic carbocycles. The average molecular weight is 273 g/mol. The van der Waals surface area contributed by atoms with Crippen molar-refractivity contribution in [1.29, 1.82) is 0 Å². The van der Waals surface area contributed by atoms with Crippen LogP contribution in [-0.4, -0.2) is 16.5 Å². The fourth-order valence-corrected chi connectivity index (χ4v) is 1.72. The Balaban J connectivity index is 2.31. The van der Waals surface area contributed by atoms with Crippen molar-refractivity contribution in [3.8, 4) is 11.6 Å². The molecule has 1 heterocycles. The van der Waals surface area contributed by atoms with E-state index >= 15 is 0 Å². The summed E-state index contributed by atoms with van der Waals surface area (Å²) in [6.45, 7) is 4.54. The van der Waals surface area contributed by atoms with E-state index in [1.807, 2.05) is 13.8 Å². The SMILES string of the molecule is CCNc1cccc(Oc2cc(C)ccc2[N+](=O)[O-])n1. The minimum Gasteiger partial charge on any atom is -0.432 e. The molecule has 20 heavy (non-hydrogen) atoms. The summed E-state index contributed by atoms with van der Waals surface area (Å²) in [7, 11) is 0. The van der Waals surface area contributed by atoms with Gasteiger partial charge in [0.1, 0.15) is 5.82 Å². The van der Waals surface area contributed by atoms with E-state index in [9.17, 15) is 10.1 Å². The Kier molecular flexibility index (Phi) is 4.14. The predicted octanol–water partition coefficient (Wildman–Crippen LogP) is 3.52. The highest BCUT2D eigenvalue weighted by atomic mass is 16.6. The van der Waals surface area contributed by atoms with E-state index < -0.39 is 4.92 Å². The van der Waals surface area contributed by atoms with E-state index in [1.54, 1.807) is 30.3 Å². The zero-order valence-electron chi connectivity index (χ0n) is 11.3. The molecular formula is C14H15N3O3. The Morgan fingerprint density at radius 2 is 2.15 bits per heavy atom. The van der Waals surface area contributed by atoms with E-state index in [1.165, 1.54) is 6.07 Å². The molecule has 1 N–H and O–H groups in total. The number of nitro groups is 1. The van der Waals surface area contributed by atoms with E-state index in [0.717, 1.165) is 12.1 Å². The first-order chi connectivity index (χ1) is 9.60. The zero-order valence-corrected chi connectivity index (χ0v) is 11.3. The highest BCUT2D eigenvalue weighted by Gasteiger charge is 2.16. The summed E-state index contributed by atoms with van der Waals surface area (Å²) < 4.78 is 5.55. The van der Waals surface area contributed by atoms with Gasteiger partial charge in [-0.15, -0.1) is 0 Å². The second-order valence-corrected chi connectivity index (χ2v) is 4.22. The minimum atomic E-state index is -0.469. The van der Waals surface area contributed by atoms with Gasteiger partial charge in [0, 0.05) is 18.7 Å². The maximum Gasteiger partial charge on any atom is 0.311 e. The smallest absolute Gasteiger partial charge is 0.311 e. The third-order valence-electron chi connectivity index (χ3n) is 2.61. The molecule has 0 fully saturated rings. The molecule has 6 nitrogen and oxygen atoms in total. The molecule has 0 bridgehead atoms. The quantitative estimate of drug-likeness (QED) is 0.666. The number of pyridine rings is 1. The molecule has 6 heteroatoms. The van der Waals surface area contributed by atoms with Crippen LogP contribution in [0.15, 0.2) is 36.4 Å². The van der Waals surface area contributed by atoms with Crippen LogP contribution >= 0.6 is 0 Å². The normalized spacial score (nSPS) is 10.1. The summed E-state index contributed by atoms with van der Waals surface area (Å²) in [6.07, 6.45) is 0. The number of hydrogen-bond donors (Lipinski definition) is 1. The number of anilines is 1. The Morgan fingerprint density at radius 3 is 2.85 bits per heavy atom. The molecule has 0 spiro atoms. The van der Waals surface area contributed by atoms with Gasteiger partial charge in [-0.1, -0.05) is 12.1 Å². The van der Waals surface area contributed by atoms with Gasteiger partial charge in [-0.2, -0.15) is 4.98 Å². The van der Waals surface area contributed by atoms with Gasteiger partial charge in [-0.05, 0) is 31.5 Å². The van der Waals surface area contributed by atoms with Gasteiger partial charge < -0.3 is 10.1 Å². The van der Waals surface area contributed by atoms with Crippen LogP contribution in [0.5, 0.6) is 11.6 Å². The summed E-state index contributed by atoms with van der Waals surface area (Å²) in [4.78, 5) is 14.7. The van der Waals surface area contributed by atoms with Gasteiger partial charge in [-0.25, -0.2) is 0 Å². The van der Waals surface area contributed by atoms with Crippen LogP contribution in [0.3, 0.4) is 0 Å². The molecule has 2 rings (SSSR count). The summed E-state index contributed by atoms with van der Waals surface area (Å²) in [5, 5.41) is 14.0. The molecular weight excluding hydrogens is 258 g/mol. The predicted molar refractivity (Wildman–Crippen MR) is 76.3 cm³/mol. The van der Waals surface area contributed by atoms with E-state index in [2.05, 4.69) is 10.3 Å². The maximum absolute atomic E-state index is 11.0. The molecule has 0 saturated heterocycles. The lowest BCUT2D eigenvalue weighted by Gasteiger charge is -2.08. The largest absolute Gasteiger partial charge is 0.432 e. The van der Waals surface area contributed by atoms with Gasteiger partial charge in [0.05, 0.1) is 4.92 Å². The first-order valence-corrected chi connectivity index (χ1v) is 6.24. The van der Waals surface area contributed by atoms with Gasteiger partial charge in [0.2, 0.25) is 11.6 Å². The van der Waals surface area contributed by atoms with Crippen molar-refractivity contribution >= 4 is 11.5 Å². The number of aryl methyl sites for hydroxylation is 1. The van der Waals surface area contributed by atoms with Crippen LogP contribution in [0.25, 0.3) is 0 Å². The monoisotopic (exact) mass is 273 g/mol. The molecule has 1 aromatic heterocycles. The molecule has 0 radical (unpaired) electrons. The number of nitrogens with one attached hydrogen (secondary N) is 1. The topological polar surface area (TPSA) is 77.3 Å². The average Bonchev–Trinajstić information content (AvgIpc) is 2.39. The molecule has 0 unspecified atom stereocenters. The molecule has 104 valence electrons. The number of aromatic nitrogens is 1. The molecule has 0 atom stereocenters. The molecule has 0 amide bonds. The third kappa shape index (κ3) is 3.23. The van der Waals surface area contributed by atoms with E-state index in [0.29, 0.717) is 11.7 Å². The fourth-order valence-electron chi connectivity index (χ4n) is 1.72. The van der Waals surface area contributed by atoms with Crippen LogP contribution in [0.2, 0.25) is 0 Å². The number of hydrogen-bond acceptors (Lipinski definition) is 5. The number of nitro benzene ring substituents is 1. The van der Waals surface area contributed by atoms with Gasteiger partial charge in [0.25, 0.3) is 0 Å². The lowest BCUT2D eigenvalue weighted by atomic mass is 10.2. The highest BCUT2D eigenvalue weighted by molar-refractivity contribution is 5.50. The van der Waals surface area contributed by atoms with Gasteiger partial charge >= 0.3 is 5.69 Å². The fraction of sp³-hybridized carbons (Fsp3) is 0.214. The standard InChI is InChI=1S/C14H15N3O3/c1-3-15-13-5-4-6-14(16-13)20-12-9-10(2)7-8-11(12)17(18)19/h4-9H,3H2,1-2H3,(H,15,16). The Labute approximate surface area is 116 Å². The molecule has 0 aliphatic heterocycles. The molecule has 1 aromatic carbocycles. The lowest BCUT2D eigenvalue weighted by Crippen LogP contribution is -2.00. The summed E-state index contributed by atoms with van der Waals surface area (Å²) >= 11 is 0. The Bertz CT molecular complexity index is 629. The molecule has 2 aromatic rings. The van der Waals surface area contributed by atoms with Crippen LogP contribution in [0, 0.1) is 17.0 Å². The number of rotatable bonds is 5. The number of benzene rings is 1. The van der Waals surface area contributed by atoms with Crippen molar-refractivity contribution in [1.82, 2.24) is 4.98 Å². The van der Waals surface area contributed by atoms with Crippen molar-refractivity contribution in [2.24, 2.45) is 0 Å². The third-order valence-corrected chi connectivity index (χ3v) is 2.61. The van der Waals surface area contributed by atoms with Crippen LogP contribution in [0.4, 0.5) is 11.5 Å². The molecule has 0 saturated carbocycles. The lowest BCUT2D eigenvalue weighted by molar-refractivity contribution is -0.385. The zero-order chi connectivity index (χ0) is 14.5.